The minimum absolute atomic E-state index is 0.149. The third-order valence-corrected chi connectivity index (χ3v) is 2.77. The minimum Gasteiger partial charge on any atom is -0.382 e. The molecule has 98 valence electrons. The zero-order valence-corrected chi connectivity index (χ0v) is 11.0. The van der Waals surface area contributed by atoms with Gasteiger partial charge in [0.25, 0.3) is 0 Å². The Kier molecular flexibility index (Phi) is 4.33. The smallest absolute Gasteiger partial charge is 0.226 e. The Balaban J connectivity index is 2.05. The van der Waals surface area contributed by atoms with Gasteiger partial charge in [-0.05, 0) is 31.4 Å². The number of nitrogens with two attached hydrogens (primary N) is 1. The second-order valence-electron chi connectivity index (χ2n) is 3.89. The molecule has 2 heterocycles. The number of nitrogens with zero attached hydrogens (tertiary/aromatic N) is 4. The summed E-state index contributed by atoms with van der Waals surface area (Å²) in [4.78, 5) is 12.2. The number of aryl methyl sites for hydroxylation is 1. The maximum Gasteiger partial charge on any atom is 0.226 e. The van der Waals surface area contributed by atoms with E-state index in [1.54, 1.807) is 6.33 Å². The second kappa shape index (κ2) is 5.97. The van der Waals surface area contributed by atoms with Crippen molar-refractivity contribution in [1.82, 2.24) is 19.5 Å². The number of fused-ring (bicyclic) bond motifs is 1. The van der Waals surface area contributed by atoms with Crippen molar-refractivity contribution in [3.05, 3.63) is 11.6 Å². The summed E-state index contributed by atoms with van der Waals surface area (Å²) in [6, 6.07) is 0. The van der Waals surface area contributed by atoms with Gasteiger partial charge < -0.3 is 15.0 Å². The largest absolute Gasteiger partial charge is 0.382 e. The number of hydrogen-bond acceptors (Lipinski definition) is 5. The predicted molar refractivity (Wildman–Crippen MR) is 70.5 cm³/mol. The summed E-state index contributed by atoms with van der Waals surface area (Å²) in [7, 11) is 0. The van der Waals surface area contributed by atoms with Crippen molar-refractivity contribution >= 4 is 28.6 Å². The van der Waals surface area contributed by atoms with Crippen LogP contribution in [0.2, 0.25) is 5.28 Å². The van der Waals surface area contributed by atoms with Crippen molar-refractivity contribution in [3.63, 3.8) is 0 Å². The normalized spacial score (nSPS) is 11.2. The number of halogens is 1. The molecule has 6 nitrogen and oxygen atoms in total. The number of hydrogen-bond donors (Lipinski definition) is 1. The maximum atomic E-state index is 5.79. The fourth-order valence-electron chi connectivity index (χ4n) is 1.73. The van der Waals surface area contributed by atoms with E-state index in [2.05, 4.69) is 15.0 Å². The molecule has 7 heteroatoms. The van der Waals surface area contributed by atoms with Crippen LogP contribution in [0.5, 0.6) is 0 Å². The Morgan fingerprint density at radius 1 is 1.39 bits per heavy atom. The third-order valence-electron chi connectivity index (χ3n) is 2.61. The molecule has 0 bridgehead atoms. The van der Waals surface area contributed by atoms with Crippen LogP contribution < -0.4 is 5.73 Å². The Morgan fingerprint density at radius 2 is 2.22 bits per heavy atom. The molecule has 0 saturated heterocycles. The summed E-state index contributed by atoms with van der Waals surface area (Å²) in [6.45, 7) is 4.34. The highest BCUT2D eigenvalue weighted by molar-refractivity contribution is 6.28. The fourth-order valence-corrected chi connectivity index (χ4v) is 1.90. The van der Waals surface area contributed by atoms with Crippen LogP contribution in [-0.4, -0.2) is 32.7 Å². The molecule has 0 saturated carbocycles. The third kappa shape index (κ3) is 2.88. The molecule has 0 unspecified atom stereocenters. The van der Waals surface area contributed by atoms with Crippen LogP contribution in [0.4, 0.5) is 5.82 Å². The van der Waals surface area contributed by atoms with Gasteiger partial charge in [-0.3, -0.25) is 0 Å². The molecule has 0 aliphatic carbocycles. The SMILES string of the molecule is CCOCCCCn1cnc2c(N)nc(Cl)nc21. The summed E-state index contributed by atoms with van der Waals surface area (Å²) < 4.78 is 7.22. The number of aromatic nitrogens is 4. The summed E-state index contributed by atoms with van der Waals surface area (Å²) in [6.07, 6.45) is 3.71. The van der Waals surface area contributed by atoms with Gasteiger partial charge in [-0.15, -0.1) is 0 Å². The molecule has 2 aromatic rings. The van der Waals surface area contributed by atoms with Crippen molar-refractivity contribution in [2.45, 2.75) is 26.3 Å². The van der Waals surface area contributed by atoms with E-state index >= 15 is 0 Å². The molecule has 2 rings (SSSR count). The minimum atomic E-state index is 0.149. The van der Waals surface area contributed by atoms with Crippen LogP contribution in [0.1, 0.15) is 19.8 Å². The topological polar surface area (TPSA) is 78.9 Å². The van der Waals surface area contributed by atoms with Gasteiger partial charge in [-0.2, -0.15) is 9.97 Å². The lowest BCUT2D eigenvalue weighted by Crippen LogP contribution is -2.02. The summed E-state index contributed by atoms with van der Waals surface area (Å²) >= 11 is 5.79. The maximum absolute atomic E-state index is 5.79. The number of imidazole rings is 1. The molecule has 0 spiro atoms. The van der Waals surface area contributed by atoms with Crippen LogP contribution in [0.3, 0.4) is 0 Å². The lowest BCUT2D eigenvalue weighted by Gasteiger charge is -2.04. The van der Waals surface area contributed by atoms with E-state index in [0.717, 1.165) is 32.6 Å². The molecular formula is C11H16ClN5O. The van der Waals surface area contributed by atoms with Crippen molar-refractivity contribution < 1.29 is 4.74 Å². The zero-order valence-electron chi connectivity index (χ0n) is 10.3. The number of anilines is 1. The van der Waals surface area contributed by atoms with Gasteiger partial charge in [0.15, 0.2) is 11.5 Å². The first-order chi connectivity index (χ1) is 8.72. The summed E-state index contributed by atoms with van der Waals surface area (Å²) in [5, 5.41) is 0.149. The van der Waals surface area contributed by atoms with Gasteiger partial charge in [0.2, 0.25) is 5.28 Å². The quantitative estimate of drug-likeness (QED) is 0.640. The number of ether oxygens (including phenoxy) is 1. The lowest BCUT2D eigenvalue weighted by atomic mass is 10.3. The van der Waals surface area contributed by atoms with Gasteiger partial charge in [-0.25, -0.2) is 4.98 Å². The molecule has 0 amide bonds. The van der Waals surface area contributed by atoms with E-state index in [1.807, 2.05) is 11.5 Å². The first-order valence-electron chi connectivity index (χ1n) is 5.94. The van der Waals surface area contributed by atoms with Gasteiger partial charge in [-0.1, -0.05) is 0 Å². The fraction of sp³-hybridized carbons (Fsp3) is 0.545. The number of rotatable bonds is 6. The number of nitrogen functional groups attached to an aromatic ring is 1. The van der Waals surface area contributed by atoms with Crippen LogP contribution >= 0.6 is 11.6 Å². The molecule has 2 N–H and O–H groups in total. The molecule has 0 aliphatic rings. The predicted octanol–water partition coefficient (Wildman–Crippen LogP) is 1.88. The van der Waals surface area contributed by atoms with Crippen LogP contribution in [-0.2, 0) is 11.3 Å². The molecule has 0 aromatic carbocycles. The Hall–Kier alpha value is -1.40. The molecule has 0 aliphatic heterocycles. The van der Waals surface area contributed by atoms with Gasteiger partial charge >= 0.3 is 0 Å². The molecule has 2 aromatic heterocycles. The highest BCUT2D eigenvalue weighted by Crippen LogP contribution is 2.18. The van der Waals surface area contributed by atoms with E-state index in [0.29, 0.717) is 17.0 Å². The lowest BCUT2D eigenvalue weighted by molar-refractivity contribution is 0.142. The molecule has 18 heavy (non-hydrogen) atoms. The summed E-state index contributed by atoms with van der Waals surface area (Å²) in [5.74, 6) is 0.318. The van der Waals surface area contributed by atoms with E-state index in [-0.39, 0.29) is 5.28 Å². The highest BCUT2D eigenvalue weighted by Gasteiger charge is 2.09. The van der Waals surface area contributed by atoms with Crippen molar-refractivity contribution in [3.8, 4) is 0 Å². The Labute approximate surface area is 110 Å². The summed E-state index contributed by atoms with van der Waals surface area (Å²) in [5.41, 5.74) is 7.02. The standard InChI is InChI=1S/C11H16ClN5O/c1-2-18-6-4-3-5-17-7-14-8-9(13)15-11(12)16-10(8)17/h7H,2-6H2,1H3,(H2,13,15,16). The van der Waals surface area contributed by atoms with E-state index in [1.165, 1.54) is 0 Å². The van der Waals surface area contributed by atoms with Crippen LogP contribution in [0.15, 0.2) is 6.33 Å². The molecule has 0 fully saturated rings. The van der Waals surface area contributed by atoms with Crippen molar-refractivity contribution in [1.29, 1.82) is 0 Å². The Morgan fingerprint density at radius 3 is 3.00 bits per heavy atom. The van der Waals surface area contributed by atoms with Crippen molar-refractivity contribution in [2.24, 2.45) is 0 Å². The highest BCUT2D eigenvalue weighted by atomic mass is 35.5. The van der Waals surface area contributed by atoms with Crippen LogP contribution in [0.25, 0.3) is 11.2 Å². The first-order valence-corrected chi connectivity index (χ1v) is 6.31. The number of unbranched alkanes of at least 4 members (excludes halogenated alkanes) is 1. The van der Waals surface area contributed by atoms with Crippen molar-refractivity contribution in [2.75, 3.05) is 18.9 Å². The van der Waals surface area contributed by atoms with Gasteiger partial charge in [0.05, 0.1) is 6.33 Å². The average Bonchev–Trinajstić information content (AvgIpc) is 2.72. The molecule has 0 radical (unpaired) electrons. The first kappa shape index (κ1) is 13.0. The van der Waals surface area contributed by atoms with Crippen LogP contribution in [0, 0.1) is 0 Å². The van der Waals surface area contributed by atoms with E-state index in [9.17, 15) is 0 Å². The second-order valence-corrected chi connectivity index (χ2v) is 4.23. The average molecular weight is 270 g/mol. The van der Waals surface area contributed by atoms with E-state index in [4.69, 9.17) is 22.1 Å². The Bertz CT molecular complexity index is 527. The van der Waals surface area contributed by atoms with E-state index < -0.39 is 0 Å². The zero-order chi connectivity index (χ0) is 13.0. The molecule has 0 atom stereocenters. The molecular weight excluding hydrogens is 254 g/mol. The van der Waals surface area contributed by atoms with Gasteiger partial charge in [0.1, 0.15) is 5.52 Å². The monoisotopic (exact) mass is 269 g/mol. The van der Waals surface area contributed by atoms with Gasteiger partial charge in [0, 0.05) is 19.8 Å².